The highest BCUT2D eigenvalue weighted by molar-refractivity contribution is 5.66. The van der Waals surface area contributed by atoms with Crippen LogP contribution in [0.15, 0.2) is 17.8 Å². The summed E-state index contributed by atoms with van der Waals surface area (Å²) in [6.45, 7) is 3.91. The molecule has 0 amide bonds. The second-order valence-electron chi connectivity index (χ2n) is 2.80. The van der Waals surface area contributed by atoms with Gasteiger partial charge in [-0.3, -0.25) is 0 Å². The minimum atomic E-state index is -0.384. The summed E-state index contributed by atoms with van der Waals surface area (Å²) >= 11 is 0. The van der Waals surface area contributed by atoms with Crippen molar-refractivity contribution in [2.24, 2.45) is 5.16 Å². The lowest BCUT2D eigenvalue weighted by Gasteiger charge is -2.22. The van der Waals surface area contributed by atoms with Crippen molar-refractivity contribution in [2.45, 2.75) is 25.8 Å². The quantitative estimate of drug-likeness (QED) is 0.413. The molecule has 0 aliphatic carbocycles. The van der Waals surface area contributed by atoms with Crippen LogP contribution in [-0.4, -0.2) is 26.2 Å². The Morgan fingerprint density at radius 3 is 2.92 bits per heavy atom. The second kappa shape index (κ2) is 3.34. The summed E-state index contributed by atoms with van der Waals surface area (Å²) in [6.07, 6.45) is 5.30. The molecule has 0 saturated heterocycles. The predicted molar refractivity (Wildman–Crippen MR) is 44.2 cm³/mol. The van der Waals surface area contributed by atoms with E-state index in [1.54, 1.807) is 11.0 Å². The van der Waals surface area contributed by atoms with Crippen LogP contribution in [0.5, 0.6) is 0 Å². The molecule has 0 bridgehead atoms. The highest BCUT2D eigenvalue weighted by Gasteiger charge is 2.22. The summed E-state index contributed by atoms with van der Waals surface area (Å²) in [5.74, 6) is 0. The molecule has 1 unspecified atom stereocenters. The first-order valence-corrected chi connectivity index (χ1v) is 3.76. The molecule has 1 N–H and O–H groups in total. The maximum absolute atomic E-state index is 8.44. The molecule has 12 heavy (non-hydrogen) atoms. The minimum Gasteiger partial charge on any atom is -0.411 e. The first-order valence-electron chi connectivity index (χ1n) is 3.76. The lowest BCUT2D eigenvalue weighted by molar-refractivity contribution is 0.305. The summed E-state index contributed by atoms with van der Waals surface area (Å²) in [4.78, 5) is 3.83. The van der Waals surface area contributed by atoms with Gasteiger partial charge in [-0.15, -0.1) is 0 Å². The van der Waals surface area contributed by atoms with Gasteiger partial charge in [0.1, 0.15) is 12.7 Å². The highest BCUT2D eigenvalue weighted by atomic mass is 16.4. The first kappa shape index (κ1) is 8.70. The highest BCUT2D eigenvalue weighted by Crippen LogP contribution is 2.15. The van der Waals surface area contributed by atoms with Crippen LogP contribution < -0.4 is 0 Å². The van der Waals surface area contributed by atoms with Crippen molar-refractivity contribution in [3.05, 3.63) is 12.7 Å². The van der Waals surface area contributed by atoms with Crippen LogP contribution in [0.2, 0.25) is 0 Å². The predicted octanol–water partition coefficient (Wildman–Crippen LogP) is 0.863. The Bertz CT molecular complexity index is 256. The number of rotatable bonds is 3. The third-order valence-corrected chi connectivity index (χ3v) is 1.99. The largest absolute Gasteiger partial charge is 0.411 e. The molecule has 1 aromatic rings. The first-order chi connectivity index (χ1) is 5.73. The lowest BCUT2D eigenvalue weighted by Crippen LogP contribution is -2.31. The summed E-state index contributed by atoms with van der Waals surface area (Å²) in [7, 11) is 0. The van der Waals surface area contributed by atoms with Crippen LogP contribution in [-0.2, 0) is 5.54 Å². The summed E-state index contributed by atoms with van der Waals surface area (Å²) < 4.78 is 1.66. The zero-order valence-electron chi connectivity index (χ0n) is 7.18. The van der Waals surface area contributed by atoms with E-state index >= 15 is 0 Å². The molecule has 1 aromatic heterocycles. The molecule has 0 aromatic carbocycles. The lowest BCUT2D eigenvalue weighted by atomic mass is 10.0. The van der Waals surface area contributed by atoms with E-state index < -0.39 is 0 Å². The average molecular weight is 168 g/mol. The molecule has 66 valence electrons. The summed E-state index contributed by atoms with van der Waals surface area (Å²) in [5.41, 5.74) is -0.384. The fraction of sp³-hybridized carbons (Fsp3) is 0.571. The maximum atomic E-state index is 8.44. The Morgan fingerprint density at radius 1 is 1.75 bits per heavy atom. The normalized spacial score (nSPS) is 16.5. The van der Waals surface area contributed by atoms with E-state index in [0.29, 0.717) is 0 Å². The summed E-state index contributed by atoms with van der Waals surface area (Å²) in [6, 6.07) is 0. The van der Waals surface area contributed by atoms with Crippen molar-refractivity contribution in [1.82, 2.24) is 14.8 Å². The van der Waals surface area contributed by atoms with E-state index in [4.69, 9.17) is 5.21 Å². The Hall–Kier alpha value is -1.39. The molecule has 1 heterocycles. The van der Waals surface area contributed by atoms with Gasteiger partial charge >= 0.3 is 0 Å². The van der Waals surface area contributed by atoms with Crippen molar-refractivity contribution >= 4 is 6.21 Å². The molecule has 0 radical (unpaired) electrons. The van der Waals surface area contributed by atoms with E-state index in [0.717, 1.165) is 6.42 Å². The van der Waals surface area contributed by atoms with Crippen molar-refractivity contribution in [3.63, 3.8) is 0 Å². The summed E-state index contributed by atoms with van der Waals surface area (Å²) in [5, 5.41) is 15.4. The van der Waals surface area contributed by atoms with Crippen molar-refractivity contribution in [1.29, 1.82) is 0 Å². The molecule has 0 fully saturated rings. The van der Waals surface area contributed by atoms with Crippen LogP contribution in [0.4, 0.5) is 0 Å². The average Bonchev–Trinajstić information content (AvgIpc) is 2.57. The minimum absolute atomic E-state index is 0.384. The molecular weight excluding hydrogens is 156 g/mol. The Morgan fingerprint density at radius 2 is 2.50 bits per heavy atom. The van der Waals surface area contributed by atoms with Gasteiger partial charge in [-0.25, -0.2) is 9.67 Å². The van der Waals surface area contributed by atoms with Crippen LogP contribution in [0.3, 0.4) is 0 Å². The number of nitrogens with zero attached hydrogens (tertiary/aromatic N) is 4. The van der Waals surface area contributed by atoms with Crippen molar-refractivity contribution < 1.29 is 5.21 Å². The zero-order valence-corrected chi connectivity index (χ0v) is 7.18. The molecule has 0 aliphatic heterocycles. The van der Waals surface area contributed by atoms with Gasteiger partial charge in [-0.2, -0.15) is 5.10 Å². The van der Waals surface area contributed by atoms with Crippen LogP contribution in [0.1, 0.15) is 20.3 Å². The fourth-order valence-electron chi connectivity index (χ4n) is 0.909. The topological polar surface area (TPSA) is 63.3 Å². The van der Waals surface area contributed by atoms with E-state index in [2.05, 4.69) is 15.2 Å². The van der Waals surface area contributed by atoms with Gasteiger partial charge in [0.15, 0.2) is 0 Å². The van der Waals surface area contributed by atoms with Crippen LogP contribution >= 0.6 is 0 Å². The van der Waals surface area contributed by atoms with E-state index in [1.807, 2.05) is 13.8 Å². The molecule has 5 nitrogen and oxygen atoms in total. The third-order valence-electron chi connectivity index (χ3n) is 1.99. The fourth-order valence-corrected chi connectivity index (χ4v) is 0.909. The third kappa shape index (κ3) is 1.44. The molecule has 1 atom stereocenters. The van der Waals surface area contributed by atoms with Crippen LogP contribution in [0.25, 0.3) is 0 Å². The van der Waals surface area contributed by atoms with Gasteiger partial charge in [0.2, 0.25) is 0 Å². The molecule has 0 spiro atoms. The van der Waals surface area contributed by atoms with Crippen LogP contribution in [0, 0.1) is 0 Å². The second-order valence-corrected chi connectivity index (χ2v) is 2.80. The standard InChI is InChI=1S/C7H12N4O/c1-3-7(2,4-10-12)11-6-8-5-9-11/h4-6,12H,3H2,1-2H3/b10-4+. The number of aromatic nitrogens is 3. The van der Waals surface area contributed by atoms with Gasteiger partial charge in [-0.05, 0) is 13.3 Å². The van der Waals surface area contributed by atoms with Gasteiger partial charge in [0.05, 0.1) is 11.8 Å². The molecule has 0 aliphatic rings. The number of hydrogen-bond acceptors (Lipinski definition) is 4. The number of oxime groups is 1. The molecular formula is C7H12N4O. The Kier molecular flexibility index (Phi) is 2.42. The Labute approximate surface area is 70.7 Å². The van der Waals surface area contributed by atoms with Crippen molar-refractivity contribution in [2.75, 3.05) is 0 Å². The molecule has 0 saturated carbocycles. The molecule has 5 heteroatoms. The van der Waals surface area contributed by atoms with Gasteiger partial charge in [0.25, 0.3) is 0 Å². The van der Waals surface area contributed by atoms with E-state index in [1.165, 1.54) is 12.5 Å². The monoisotopic (exact) mass is 168 g/mol. The van der Waals surface area contributed by atoms with Gasteiger partial charge in [-0.1, -0.05) is 12.1 Å². The maximum Gasteiger partial charge on any atom is 0.137 e. The SMILES string of the molecule is CCC(C)(/C=N/O)n1cncn1. The number of hydrogen-bond donors (Lipinski definition) is 1. The van der Waals surface area contributed by atoms with E-state index in [-0.39, 0.29) is 5.54 Å². The van der Waals surface area contributed by atoms with Gasteiger partial charge < -0.3 is 5.21 Å². The Balaban J connectivity index is 2.95. The molecule has 1 rings (SSSR count). The smallest absolute Gasteiger partial charge is 0.137 e. The van der Waals surface area contributed by atoms with Crippen molar-refractivity contribution in [3.8, 4) is 0 Å². The van der Waals surface area contributed by atoms with Gasteiger partial charge in [0, 0.05) is 0 Å². The zero-order chi connectivity index (χ0) is 9.03. The van der Waals surface area contributed by atoms with E-state index in [9.17, 15) is 0 Å².